The Labute approximate surface area is 114 Å². The summed E-state index contributed by atoms with van der Waals surface area (Å²) < 4.78 is 7.22. The summed E-state index contributed by atoms with van der Waals surface area (Å²) >= 11 is 6.36. The Balaban J connectivity index is 2.10. The second-order valence-electron chi connectivity index (χ2n) is 4.80. The number of hydrogen-bond donors (Lipinski definition) is 0. The van der Waals surface area contributed by atoms with Crippen molar-refractivity contribution in [1.82, 2.24) is 14.7 Å². The molecule has 0 bridgehead atoms. The van der Waals surface area contributed by atoms with Crippen molar-refractivity contribution >= 4 is 11.6 Å². The largest absolute Gasteiger partial charge is 0.380 e. The third-order valence-corrected chi connectivity index (χ3v) is 4.07. The van der Waals surface area contributed by atoms with E-state index in [-0.39, 0.29) is 0 Å². The van der Waals surface area contributed by atoms with Crippen molar-refractivity contribution in [2.24, 2.45) is 7.05 Å². The number of aryl methyl sites for hydroxylation is 2. The van der Waals surface area contributed by atoms with Crippen LogP contribution in [0.4, 0.5) is 0 Å². The first-order chi connectivity index (χ1) is 8.65. The van der Waals surface area contributed by atoms with Crippen molar-refractivity contribution in [3.63, 3.8) is 0 Å². The third kappa shape index (κ3) is 2.71. The Morgan fingerprint density at radius 3 is 2.89 bits per heavy atom. The third-order valence-electron chi connectivity index (χ3n) is 3.62. The highest BCUT2D eigenvalue weighted by Gasteiger charge is 2.30. The summed E-state index contributed by atoms with van der Waals surface area (Å²) in [5.41, 5.74) is 2.25. The fourth-order valence-electron chi connectivity index (χ4n) is 2.77. The molecular weight excluding hydrogens is 250 g/mol. The van der Waals surface area contributed by atoms with E-state index in [1.165, 1.54) is 18.4 Å². The van der Waals surface area contributed by atoms with Gasteiger partial charge in [-0.1, -0.05) is 11.6 Å². The van der Waals surface area contributed by atoms with E-state index in [4.69, 9.17) is 16.3 Å². The molecule has 1 saturated heterocycles. The lowest BCUT2D eigenvalue weighted by Gasteiger charge is -2.24. The second kappa shape index (κ2) is 6.04. The highest BCUT2D eigenvalue weighted by molar-refractivity contribution is 6.30. The van der Waals surface area contributed by atoms with Gasteiger partial charge in [0.15, 0.2) is 0 Å². The van der Waals surface area contributed by atoms with Crippen molar-refractivity contribution in [2.75, 3.05) is 26.3 Å². The Bertz CT molecular complexity index is 405. The molecule has 0 aromatic carbocycles. The summed E-state index contributed by atoms with van der Waals surface area (Å²) in [5.74, 6) is 0. The van der Waals surface area contributed by atoms with Gasteiger partial charge >= 0.3 is 0 Å². The normalized spacial score (nSPS) is 20.8. The van der Waals surface area contributed by atoms with Crippen LogP contribution in [0.3, 0.4) is 0 Å². The first-order valence-corrected chi connectivity index (χ1v) is 7.03. The molecule has 0 radical (unpaired) electrons. The van der Waals surface area contributed by atoms with Crippen LogP contribution in [0.2, 0.25) is 5.15 Å². The molecule has 4 nitrogen and oxygen atoms in total. The molecule has 0 saturated carbocycles. The Hall–Kier alpha value is -0.580. The molecule has 1 fully saturated rings. The van der Waals surface area contributed by atoms with Crippen LogP contribution in [0.5, 0.6) is 0 Å². The van der Waals surface area contributed by atoms with Crippen LogP contribution in [0.1, 0.15) is 37.1 Å². The minimum Gasteiger partial charge on any atom is -0.380 e. The standard InChI is InChI=1S/C13H22ClN3O/c1-4-18-9-8-17-7-5-6-11(17)12-10(2)15-16(3)13(12)14/h11H,4-9H2,1-3H3. The average molecular weight is 272 g/mol. The van der Waals surface area contributed by atoms with Crippen molar-refractivity contribution < 1.29 is 4.74 Å². The summed E-state index contributed by atoms with van der Waals surface area (Å²) in [6, 6.07) is 0.409. The first-order valence-electron chi connectivity index (χ1n) is 6.66. The summed E-state index contributed by atoms with van der Waals surface area (Å²) in [5, 5.41) is 5.19. The molecule has 2 heterocycles. The summed E-state index contributed by atoms with van der Waals surface area (Å²) in [6.07, 6.45) is 2.39. The van der Waals surface area contributed by atoms with Gasteiger partial charge in [0.2, 0.25) is 0 Å². The molecule has 0 spiro atoms. The molecule has 1 aliphatic rings. The highest BCUT2D eigenvalue weighted by Crippen LogP contribution is 2.37. The Kier molecular flexibility index (Phi) is 4.65. The maximum absolute atomic E-state index is 6.36. The van der Waals surface area contributed by atoms with Gasteiger partial charge < -0.3 is 4.74 Å². The summed E-state index contributed by atoms with van der Waals surface area (Å²) in [4.78, 5) is 2.46. The molecule has 18 heavy (non-hydrogen) atoms. The molecule has 1 aliphatic heterocycles. The second-order valence-corrected chi connectivity index (χ2v) is 5.16. The van der Waals surface area contributed by atoms with E-state index in [0.29, 0.717) is 6.04 Å². The molecule has 1 atom stereocenters. The van der Waals surface area contributed by atoms with Crippen LogP contribution in [-0.4, -0.2) is 41.0 Å². The minimum absolute atomic E-state index is 0.409. The van der Waals surface area contributed by atoms with E-state index in [1.54, 1.807) is 4.68 Å². The van der Waals surface area contributed by atoms with Crippen LogP contribution in [0, 0.1) is 6.92 Å². The number of rotatable bonds is 5. The lowest BCUT2D eigenvalue weighted by molar-refractivity contribution is 0.108. The molecule has 5 heteroatoms. The van der Waals surface area contributed by atoms with E-state index in [1.807, 2.05) is 20.9 Å². The number of aromatic nitrogens is 2. The SMILES string of the molecule is CCOCCN1CCCC1c1c(C)nn(C)c1Cl. The topological polar surface area (TPSA) is 30.3 Å². The maximum atomic E-state index is 6.36. The van der Waals surface area contributed by atoms with E-state index in [2.05, 4.69) is 10.00 Å². The zero-order chi connectivity index (χ0) is 13.1. The van der Waals surface area contributed by atoms with Gasteiger partial charge in [-0.3, -0.25) is 9.58 Å². The van der Waals surface area contributed by atoms with Crippen molar-refractivity contribution in [3.8, 4) is 0 Å². The van der Waals surface area contributed by atoms with Crippen LogP contribution < -0.4 is 0 Å². The highest BCUT2D eigenvalue weighted by atomic mass is 35.5. The van der Waals surface area contributed by atoms with Gasteiger partial charge in [0.05, 0.1) is 12.3 Å². The maximum Gasteiger partial charge on any atom is 0.131 e. The molecule has 0 N–H and O–H groups in total. The van der Waals surface area contributed by atoms with E-state index >= 15 is 0 Å². The van der Waals surface area contributed by atoms with Crippen molar-refractivity contribution in [2.45, 2.75) is 32.7 Å². The van der Waals surface area contributed by atoms with Crippen LogP contribution in [-0.2, 0) is 11.8 Å². The Morgan fingerprint density at radius 1 is 1.50 bits per heavy atom. The zero-order valence-corrected chi connectivity index (χ0v) is 12.2. The first kappa shape index (κ1) is 13.8. The van der Waals surface area contributed by atoms with Crippen LogP contribution in [0.25, 0.3) is 0 Å². The lowest BCUT2D eigenvalue weighted by atomic mass is 10.1. The lowest BCUT2D eigenvalue weighted by Crippen LogP contribution is -2.27. The van der Waals surface area contributed by atoms with E-state index in [9.17, 15) is 0 Å². The number of hydrogen-bond acceptors (Lipinski definition) is 3. The zero-order valence-electron chi connectivity index (χ0n) is 11.4. The molecule has 0 aliphatic carbocycles. The van der Waals surface area contributed by atoms with Crippen LogP contribution >= 0.6 is 11.6 Å². The van der Waals surface area contributed by atoms with Gasteiger partial charge in [0.1, 0.15) is 5.15 Å². The molecule has 1 aromatic rings. The van der Waals surface area contributed by atoms with Gasteiger partial charge in [-0.25, -0.2) is 0 Å². The summed E-state index contributed by atoms with van der Waals surface area (Å²) in [7, 11) is 1.90. The molecule has 0 amide bonds. The number of halogens is 1. The van der Waals surface area contributed by atoms with E-state index in [0.717, 1.165) is 37.2 Å². The minimum atomic E-state index is 0.409. The van der Waals surface area contributed by atoms with Crippen molar-refractivity contribution in [3.05, 3.63) is 16.4 Å². The smallest absolute Gasteiger partial charge is 0.131 e. The average Bonchev–Trinajstić information content (AvgIpc) is 2.86. The predicted molar refractivity (Wildman–Crippen MR) is 73.0 cm³/mol. The summed E-state index contributed by atoms with van der Waals surface area (Å²) in [6.45, 7) is 7.75. The van der Waals surface area contributed by atoms with Gasteiger partial charge in [-0.15, -0.1) is 0 Å². The molecule has 1 aromatic heterocycles. The molecular formula is C13H22ClN3O. The van der Waals surface area contributed by atoms with Gasteiger partial charge in [-0.05, 0) is 33.2 Å². The van der Waals surface area contributed by atoms with Crippen molar-refractivity contribution in [1.29, 1.82) is 0 Å². The molecule has 2 rings (SSSR count). The molecule has 102 valence electrons. The van der Waals surface area contributed by atoms with Gasteiger partial charge in [0.25, 0.3) is 0 Å². The monoisotopic (exact) mass is 271 g/mol. The number of nitrogens with zero attached hydrogens (tertiary/aromatic N) is 3. The van der Waals surface area contributed by atoms with Gasteiger partial charge in [-0.2, -0.15) is 5.10 Å². The molecule has 1 unspecified atom stereocenters. The number of ether oxygens (including phenoxy) is 1. The number of likely N-dealkylation sites (tertiary alicyclic amines) is 1. The Morgan fingerprint density at radius 2 is 2.28 bits per heavy atom. The van der Waals surface area contributed by atoms with E-state index < -0.39 is 0 Å². The van der Waals surface area contributed by atoms with Gasteiger partial charge in [0, 0.05) is 31.8 Å². The fourth-order valence-corrected chi connectivity index (χ4v) is 3.07. The quantitative estimate of drug-likeness (QED) is 0.771. The fraction of sp³-hybridized carbons (Fsp3) is 0.769. The van der Waals surface area contributed by atoms with Crippen LogP contribution in [0.15, 0.2) is 0 Å². The predicted octanol–water partition coefficient (Wildman–Crippen LogP) is 2.56.